The summed E-state index contributed by atoms with van der Waals surface area (Å²) in [6.45, 7) is 5.58. The van der Waals surface area contributed by atoms with Crippen LogP contribution in [0.15, 0.2) is 42.6 Å². The van der Waals surface area contributed by atoms with E-state index in [0.29, 0.717) is 0 Å². The molecular formula is C22H29I2N3. The van der Waals surface area contributed by atoms with Gasteiger partial charge in [0.2, 0.25) is 0 Å². The molecular weight excluding hydrogens is 560 g/mol. The number of benzene rings is 1. The van der Waals surface area contributed by atoms with Crippen molar-refractivity contribution in [3.63, 3.8) is 0 Å². The van der Waals surface area contributed by atoms with Gasteiger partial charge in [-0.1, -0.05) is 18.2 Å². The number of para-hydroxylation sites is 1. The molecule has 0 aliphatic carbocycles. The average molecular weight is 589 g/mol. The van der Waals surface area contributed by atoms with E-state index in [4.69, 9.17) is 0 Å². The first-order valence-electron chi connectivity index (χ1n) is 9.31. The Kier molecular flexibility index (Phi) is 7.35. The van der Waals surface area contributed by atoms with E-state index in [9.17, 15) is 0 Å². The Balaban J connectivity index is 0.00000131. The van der Waals surface area contributed by atoms with Crippen LogP contribution in [-0.2, 0) is 33.0 Å². The van der Waals surface area contributed by atoms with Crippen LogP contribution in [-0.4, -0.2) is 29.7 Å². The van der Waals surface area contributed by atoms with Gasteiger partial charge in [0, 0.05) is 53.7 Å². The van der Waals surface area contributed by atoms with Crippen LogP contribution in [0, 0.1) is 6.92 Å². The van der Waals surface area contributed by atoms with E-state index >= 15 is 0 Å². The summed E-state index contributed by atoms with van der Waals surface area (Å²) >= 11 is 0. The minimum Gasteiger partial charge on any atom is -1.00 e. The second-order valence-electron chi connectivity index (χ2n) is 8.20. The van der Waals surface area contributed by atoms with Crippen molar-refractivity contribution in [2.45, 2.75) is 32.9 Å². The molecule has 27 heavy (non-hydrogen) atoms. The highest BCUT2D eigenvalue weighted by Gasteiger charge is 2.29. The van der Waals surface area contributed by atoms with Gasteiger partial charge in [-0.25, -0.2) is 4.57 Å². The van der Waals surface area contributed by atoms with Crippen molar-refractivity contribution >= 4 is 10.9 Å². The normalized spacial score (nSPS) is 15.0. The van der Waals surface area contributed by atoms with Gasteiger partial charge in [-0.3, -0.25) is 0 Å². The Bertz CT molecular complexity index is 944. The highest BCUT2D eigenvalue weighted by atomic mass is 127. The van der Waals surface area contributed by atoms with Crippen LogP contribution in [0.1, 0.15) is 22.5 Å². The van der Waals surface area contributed by atoms with Crippen LogP contribution in [0.2, 0.25) is 0 Å². The molecule has 0 atom stereocenters. The lowest BCUT2D eigenvalue weighted by Crippen LogP contribution is -3.00. The van der Waals surface area contributed by atoms with Crippen molar-refractivity contribution in [2.24, 2.45) is 7.05 Å². The number of pyridine rings is 1. The Morgan fingerprint density at radius 3 is 2.56 bits per heavy atom. The molecule has 0 unspecified atom stereocenters. The highest BCUT2D eigenvalue weighted by molar-refractivity contribution is 5.85. The van der Waals surface area contributed by atoms with Crippen molar-refractivity contribution in [2.75, 3.05) is 20.6 Å². The van der Waals surface area contributed by atoms with Gasteiger partial charge in [-0.05, 0) is 18.6 Å². The fourth-order valence-electron chi connectivity index (χ4n) is 4.19. The first-order chi connectivity index (χ1) is 11.9. The fraction of sp³-hybridized carbons (Fsp3) is 0.409. The predicted octanol–water partition coefficient (Wildman–Crippen LogP) is -2.84. The number of aromatic nitrogens is 2. The van der Waals surface area contributed by atoms with Gasteiger partial charge in [0.05, 0.1) is 20.6 Å². The third-order valence-electron chi connectivity index (χ3n) is 5.81. The zero-order valence-electron chi connectivity index (χ0n) is 16.7. The fourth-order valence-corrected chi connectivity index (χ4v) is 4.19. The molecule has 0 saturated carbocycles. The summed E-state index contributed by atoms with van der Waals surface area (Å²) < 4.78 is 5.90. The third kappa shape index (κ3) is 4.50. The largest absolute Gasteiger partial charge is 1.00 e. The Hall–Kier alpha value is -0.670. The number of halogens is 2. The molecule has 0 radical (unpaired) electrons. The average Bonchev–Trinajstić information content (AvgIpc) is 2.88. The number of nitrogens with zero attached hydrogens (tertiary/aromatic N) is 3. The minimum atomic E-state index is 0. The van der Waals surface area contributed by atoms with E-state index in [2.05, 4.69) is 79.8 Å². The lowest BCUT2D eigenvalue weighted by atomic mass is 10.0. The standard InChI is InChI=1S/C22H29N3.2HI/c1-17-9-10-18(15-23(17)2)11-13-24-21-8-6-5-7-19(21)20-16-25(3,4)14-12-22(20)24;;/h5-10,15H,11-14,16H2,1-4H3;2*1H/q+2;;/p-2. The molecule has 3 nitrogen and oxygen atoms in total. The number of quaternary nitrogens is 1. The number of likely N-dealkylation sites (N-methyl/N-ethyl adjacent to an activating group) is 1. The monoisotopic (exact) mass is 589 g/mol. The lowest BCUT2D eigenvalue weighted by Gasteiger charge is -2.34. The van der Waals surface area contributed by atoms with Gasteiger partial charge < -0.3 is 57.0 Å². The zero-order valence-corrected chi connectivity index (χ0v) is 21.0. The Labute approximate surface area is 197 Å². The third-order valence-corrected chi connectivity index (χ3v) is 5.81. The van der Waals surface area contributed by atoms with Gasteiger partial charge in [0.15, 0.2) is 11.9 Å². The lowest BCUT2D eigenvalue weighted by molar-refractivity contribution is -0.905. The molecule has 0 spiro atoms. The van der Waals surface area contributed by atoms with Crippen LogP contribution in [0.25, 0.3) is 10.9 Å². The smallest absolute Gasteiger partial charge is 0.177 e. The SMILES string of the molecule is Cc1ccc(CCn2c3c(c4ccccc42)C[N+](C)(C)CC3)c[n+]1C.[I-].[I-]. The van der Waals surface area contributed by atoms with Crippen molar-refractivity contribution in [1.82, 2.24) is 4.57 Å². The maximum atomic E-state index is 2.59. The molecule has 3 heterocycles. The van der Waals surface area contributed by atoms with E-state index < -0.39 is 0 Å². The van der Waals surface area contributed by atoms with E-state index in [1.54, 1.807) is 11.3 Å². The van der Waals surface area contributed by atoms with Gasteiger partial charge in [0.1, 0.15) is 13.6 Å². The topological polar surface area (TPSA) is 8.81 Å². The predicted molar refractivity (Wildman–Crippen MR) is 102 cm³/mol. The molecule has 0 bridgehead atoms. The van der Waals surface area contributed by atoms with Crippen LogP contribution >= 0.6 is 0 Å². The Morgan fingerprint density at radius 1 is 1.07 bits per heavy atom. The zero-order chi connectivity index (χ0) is 17.6. The van der Waals surface area contributed by atoms with E-state index in [1.165, 1.54) is 35.1 Å². The summed E-state index contributed by atoms with van der Waals surface area (Å²) in [6, 6.07) is 13.5. The van der Waals surface area contributed by atoms with Crippen molar-refractivity contribution in [3.8, 4) is 0 Å². The molecule has 1 aliphatic heterocycles. The number of rotatable bonds is 3. The maximum Gasteiger partial charge on any atom is 0.177 e. The van der Waals surface area contributed by atoms with Gasteiger partial charge in [-0.15, -0.1) is 0 Å². The summed E-state index contributed by atoms with van der Waals surface area (Å²) in [5, 5.41) is 1.46. The van der Waals surface area contributed by atoms with Gasteiger partial charge >= 0.3 is 0 Å². The van der Waals surface area contributed by atoms with Crippen molar-refractivity contribution in [1.29, 1.82) is 0 Å². The summed E-state index contributed by atoms with van der Waals surface area (Å²) in [5.41, 5.74) is 7.25. The summed E-state index contributed by atoms with van der Waals surface area (Å²) in [4.78, 5) is 0. The summed E-state index contributed by atoms with van der Waals surface area (Å²) in [7, 11) is 6.83. The van der Waals surface area contributed by atoms with Crippen LogP contribution in [0.4, 0.5) is 0 Å². The first-order valence-corrected chi connectivity index (χ1v) is 9.31. The molecule has 2 aromatic heterocycles. The molecule has 0 fully saturated rings. The molecule has 1 aromatic carbocycles. The summed E-state index contributed by atoms with van der Waals surface area (Å²) in [5.74, 6) is 0. The molecule has 146 valence electrons. The van der Waals surface area contributed by atoms with E-state index in [1.807, 2.05) is 0 Å². The van der Waals surface area contributed by atoms with Gasteiger partial charge in [-0.2, -0.15) is 0 Å². The van der Waals surface area contributed by atoms with Gasteiger partial charge in [0.25, 0.3) is 0 Å². The van der Waals surface area contributed by atoms with Crippen LogP contribution in [0.5, 0.6) is 0 Å². The van der Waals surface area contributed by atoms with Crippen molar-refractivity contribution < 1.29 is 57.0 Å². The number of hydrogen-bond donors (Lipinski definition) is 0. The quantitative estimate of drug-likeness (QED) is 0.177. The molecule has 4 rings (SSSR count). The summed E-state index contributed by atoms with van der Waals surface area (Å²) in [6.07, 6.45) is 4.53. The minimum absolute atomic E-state index is 0. The molecule has 5 heteroatoms. The van der Waals surface area contributed by atoms with E-state index in [0.717, 1.165) is 24.0 Å². The first kappa shape index (κ1) is 22.6. The van der Waals surface area contributed by atoms with Crippen molar-refractivity contribution in [3.05, 3.63) is 65.1 Å². The second-order valence-corrected chi connectivity index (χ2v) is 8.20. The molecule has 3 aromatic rings. The second kappa shape index (κ2) is 8.78. The number of fused-ring (bicyclic) bond motifs is 3. The maximum absolute atomic E-state index is 2.59. The molecule has 1 aliphatic rings. The Morgan fingerprint density at radius 2 is 1.81 bits per heavy atom. The number of hydrogen-bond acceptors (Lipinski definition) is 0. The highest BCUT2D eigenvalue weighted by Crippen LogP contribution is 2.32. The van der Waals surface area contributed by atoms with Crippen LogP contribution in [0.3, 0.4) is 0 Å². The molecule has 0 N–H and O–H groups in total. The molecule has 0 amide bonds. The number of aryl methyl sites for hydroxylation is 4. The molecule has 0 saturated heterocycles. The van der Waals surface area contributed by atoms with E-state index in [-0.39, 0.29) is 48.0 Å². The van der Waals surface area contributed by atoms with Crippen LogP contribution < -0.4 is 52.5 Å².